The average molecular weight is 377 g/mol. The van der Waals surface area contributed by atoms with Crippen LogP contribution in [0.4, 0.5) is 4.79 Å². The molecule has 0 radical (unpaired) electrons. The van der Waals surface area contributed by atoms with E-state index in [2.05, 4.69) is 0 Å². The van der Waals surface area contributed by atoms with E-state index in [1.807, 2.05) is 35.2 Å². The monoisotopic (exact) mass is 377 g/mol. The van der Waals surface area contributed by atoms with Crippen LogP contribution in [0.25, 0.3) is 0 Å². The maximum atomic E-state index is 12.6. The SMILES string of the molecule is COCCOCCCC1(O)CC2CCC(C1)N2C(=O)OCc1ccccc1. The summed E-state index contributed by atoms with van der Waals surface area (Å²) >= 11 is 0. The molecule has 1 N–H and O–H groups in total. The van der Waals surface area contributed by atoms with E-state index in [-0.39, 0.29) is 18.2 Å². The molecule has 1 aromatic carbocycles. The first-order valence-electron chi connectivity index (χ1n) is 9.89. The first kappa shape index (κ1) is 20.1. The third-order valence-corrected chi connectivity index (χ3v) is 5.63. The van der Waals surface area contributed by atoms with Crippen molar-refractivity contribution in [1.82, 2.24) is 4.90 Å². The molecular formula is C21H31NO5. The predicted octanol–water partition coefficient (Wildman–Crippen LogP) is 3.12. The molecule has 6 heteroatoms. The van der Waals surface area contributed by atoms with Gasteiger partial charge in [-0.25, -0.2) is 4.79 Å². The Bertz CT molecular complexity index is 579. The highest BCUT2D eigenvalue weighted by Crippen LogP contribution is 2.43. The lowest BCUT2D eigenvalue weighted by Gasteiger charge is -2.43. The zero-order valence-electron chi connectivity index (χ0n) is 16.1. The lowest BCUT2D eigenvalue weighted by Crippen LogP contribution is -2.53. The van der Waals surface area contributed by atoms with Gasteiger partial charge in [0.2, 0.25) is 0 Å². The molecule has 2 aliphatic heterocycles. The minimum Gasteiger partial charge on any atom is -0.445 e. The van der Waals surface area contributed by atoms with Crippen molar-refractivity contribution in [3.05, 3.63) is 35.9 Å². The Balaban J connectivity index is 1.45. The number of benzene rings is 1. The second-order valence-corrected chi connectivity index (χ2v) is 7.67. The molecule has 1 aromatic rings. The number of hydrogen-bond donors (Lipinski definition) is 1. The van der Waals surface area contributed by atoms with Gasteiger partial charge >= 0.3 is 6.09 Å². The summed E-state index contributed by atoms with van der Waals surface area (Å²) in [5.41, 5.74) is 0.285. The van der Waals surface area contributed by atoms with Crippen LogP contribution in [0.2, 0.25) is 0 Å². The molecule has 3 rings (SSSR count). The van der Waals surface area contributed by atoms with Crippen LogP contribution in [0.1, 0.15) is 44.1 Å². The van der Waals surface area contributed by atoms with Gasteiger partial charge in [-0.2, -0.15) is 0 Å². The normalized spacial score (nSPS) is 27.0. The number of ether oxygens (including phenoxy) is 3. The summed E-state index contributed by atoms with van der Waals surface area (Å²) in [6.07, 6.45) is 4.41. The number of aliphatic hydroxyl groups is 1. The van der Waals surface area contributed by atoms with Crippen LogP contribution in [-0.2, 0) is 20.8 Å². The average Bonchev–Trinajstić information content (AvgIpc) is 2.96. The van der Waals surface area contributed by atoms with Gasteiger partial charge in [-0.05, 0) is 44.1 Å². The van der Waals surface area contributed by atoms with E-state index < -0.39 is 5.60 Å². The summed E-state index contributed by atoms with van der Waals surface area (Å²) in [6.45, 7) is 2.10. The molecule has 2 saturated heterocycles. The highest BCUT2D eigenvalue weighted by atomic mass is 16.6. The number of piperidine rings is 1. The molecule has 0 saturated carbocycles. The maximum Gasteiger partial charge on any atom is 0.410 e. The minimum atomic E-state index is -0.702. The highest BCUT2D eigenvalue weighted by molar-refractivity contribution is 5.69. The molecule has 2 heterocycles. The van der Waals surface area contributed by atoms with E-state index >= 15 is 0 Å². The third-order valence-electron chi connectivity index (χ3n) is 5.63. The second-order valence-electron chi connectivity index (χ2n) is 7.67. The molecular weight excluding hydrogens is 346 g/mol. The number of carbonyl (C=O) groups is 1. The molecule has 2 unspecified atom stereocenters. The van der Waals surface area contributed by atoms with Crippen molar-refractivity contribution in [2.24, 2.45) is 0 Å². The largest absolute Gasteiger partial charge is 0.445 e. The number of hydrogen-bond acceptors (Lipinski definition) is 5. The minimum absolute atomic E-state index is 0.0754. The topological polar surface area (TPSA) is 68.2 Å². The number of amides is 1. The van der Waals surface area contributed by atoms with Crippen LogP contribution in [0.5, 0.6) is 0 Å². The van der Waals surface area contributed by atoms with E-state index in [1.165, 1.54) is 0 Å². The van der Waals surface area contributed by atoms with E-state index in [1.54, 1.807) is 7.11 Å². The third kappa shape index (κ3) is 5.43. The summed E-state index contributed by atoms with van der Waals surface area (Å²) < 4.78 is 16.0. The van der Waals surface area contributed by atoms with Crippen molar-refractivity contribution in [2.45, 2.75) is 62.8 Å². The van der Waals surface area contributed by atoms with E-state index in [0.29, 0.717) is 45.7 Å². The van der Waals surface area contributed by atoms with Crippen LogP contribution in [0, 0.1) is 0 Å². The number of methoxy groups -OCH3 is 1. The summed E-state index contributed by atoms with van der Waals surface area (Å²) in [5.74, 6) is 0. The number of carbonyl (C=O) groups excluding carboxylic acids is 1. The number of nitrogens with zero attached hydrogens (tertiary/aromatic N) is 1. The first-order valence-corrected chi connectivity index (χ1v) is 9.89. The molecule has 1 amide bonds. The Labute approximate surface area is 161 Å². The standard InChI is InChI=1S/C21H31NO5/c1-25-12-13-26-11-5-10-21(24)14-18-8-9-19(15-21)22(18)20(23)27-16-17-6-3-2-4-7-17/h2-4,6-7,18-19,24H,5,8-16H2,1H3. The molecule has 2 fully saturated rings. The van der Waals surface area contributed by atoms with Crippen molar-refractivity contribution in [2.75, 3.05) is 26.9 Å². The van der Waals surface area contributed by atoms with Crippen molar-refractivity contribution in [3.63, 3.8) is 0 Å². The van der Waals surface area contributed by atoms with E-state index in [4.69, 9.17) is 14.2 Å². The summed E-state index contributed by atoms with van der Waals surface area (Å²) in [4.78, 5) is 14.5. The summed E-state index contributed by atoms with van der Waals surface area (Å²) in [5, 5.41) is 11.0. The number of fused-ring (bicyclic) bond motifs is 2. The smallest absolute Gasteiger partial charge is 0.410 e. The molecule has 2 aliphatic rings. The van der Waals surface area contributed by atoms with E-state index in [9.17, 15) is 9.90 Å². The summed E-state index contributed by atoms with van der Waals surface area (Å²) in [6, 6.07) is 9.87. The second kappa shape index (κ2) is 9.53. The Morgan fingerprint density at radius 3 is 2.52 bits per heavy atom. The number of rotatable bonds is 9. The van der Waals surface area contributed by atoms with Crippen molar-refractivity contribution >= 4 is 6.09 Å². The molecule has 0 aromatic heterocycles. The van der Waals surface area contributed by atoms with Gasteiger partial charge < -0.3 is 24.2 Å². The fourth-order valence-electron chi connectivity index (χ4n) is 4.37. The quantitative estimate of drug-likeness (QED) is 0.670. The molecule has 150 valence electrons. The van der Waals surface area contributed by atoms with Crippen LogP contribution < -0.4 is 0 Å². The fraction of sp³-hybridized carbons (Fsp3) is 0.667. The van der Waals surface area contributed by atoms with Crippen molar-refractivity contribution in [1.29, 1.82) is 0 Å². The Morgan fingerprint density at radius 2 is 1.85 bits per heavy atom. The van der Waals surface area contributed by atoms with Gasteiger partial charge in [-0.1, -0.05) is 30.3 Å². The molecule has 6 nitrogen and oxygen atoms in total. The molecule has 2 atom stereocenters. The van der Waals surface area contributed by atoms with Crippen LogP contribution in [0.15, 0.2) is 30.3 Å². The van der Waals surface area contributed by atoms with Gasteiger partial charge in [-0.15, -0.1) is 0 Å². The van der Waals surface area contributed by atoms with Gasteiger partial charge in [0, 0.05) is 25.8 Å². The Morgan fingerprint density at radius 1 is 1.15 bits per heavy atom. The van der Waals surface area contributed by atoms with Crippen molar-refractivity contribution in [3.8, 4) is 0 Å². The Hall–Kier alpha value is -1.63. The molecule has 27 heavy (non-hydrogen) atoms. The maximum absolute atomic E-state index is 12.6. The summed E-state index contributed by atoms with van der Waals surface area (Å²) in [7, 11) is 1.65. The first-order chi connectivity index (χ1) is 13.1. The van der Waals surface area contributed by atoms with E-state index in [0.717, 1.165) is 24.8 Å². The lowest BCUT2D eigenvalue weighted by atomic mass is 9.83. The van der Waals surface area contributed by atoms with Gasteiger partial charge in [0.25, 0.3) is 0 Å². The molecule has 2 bridgehead atoms. The van der Waals surface area contributed by atoms with Gasteiger partial charge in [-0.3, -0.25) is 0 Å². The zero-order chi connectivity index (χ0) is 19.1. The van der Waals surface area contributed by atoms with Gasteiger partial charge in [0.05, 0.1) is 18.8 Å². The zero-order valence-corrected chi connectivity index (χ0v) is 16.1. The highest BCUT2D eigenvalue weighted by Gasteiger charge is 2.49. The molecule has 0 spiro atoms. The fourth-order valence-corrected chi connectivity index (χ4v) is 4.37. The predicted molar refractivity (Wildman–Crippen MR) is 101 cm³/mol. The Kier molecular flexibility index (Phi) is 7.10. The lowest BCUT2D eigenvalue weighted by molar-refractivity contribution is -0.0589. The van der Waals surface area contributed by atoms with Gasteiger partial charge in [0.1, 0.15) is 6.61 Å². The van der Waals surface area contributed by atoms with Crippen molar-refractivity contribution < 1.29 is 24.1 Å². The van der Waals surface area contributed by atoms with Gasteiger partial charge in [0.15, 0.2) is 0 Å². The van der Waals surface area contributed by atoms with Crippen LogP contribution in [-0.4, -0.2) is 60.7 Å². The van der Waals surface area contributed by atoms with Crippen LogP contribution in [0.3, 0.4) is 0 Å². The van der Waals surface area contributed by atoms with Crippen LogP contribution >= 0.6 is 0 Å². The molecule has 0 aliphatic carbocycles.